The lowest BCUT2D eigenvalue weighted by molar-refractivity contribution is -0.0501. The SMILES string of the molecule is Nc1nc2c(ncn2[C@@H]2O[C@@H]3COP(=O)(S)O[C@@H]4[C@@H](COP(=O)(S)O[C@@H]2[C@@H]3O)C[C@@H](Oc2ccncn2)[C@@H]4F)c(=O)[nH]1. The molecule has 0 amide bonds. The number of thiol groups is 2. The third-order valence-electron chi connectivity index (χ3n) is 6.90. The minimum absolute atomic E-state index is 0.0273. The van der Waals surface area contributed by atoms with Gasteiger partial charge in [0.2, 0.25) is 11.8 Å². The molecule has 0 radical (unpaired) electrons. The third kappa shape index (κ3) is 5.97. The van der Waals surface area contributed by atoms with E-state index in [1.165, 1.54) is 29.5 Å². The molecule has 2 saturated heterocycles. The zero-order valence-electron chi connectivity index (χ0n) is 21.2. The van der Waals surface area contributed by atoms with Gasteiger partial charge in [-0.2, -0.15) is 4.98 Å². The molecule has 22 heteroatoms. The summed E-state index contributed by atoms with van der Waals surface area (Å²) in [4.78, 5) is 30.4. The Labute approximate surface area is 246 Å². The van der Waals surface area contributed by atoms with Crippen molar-refractivity contribution in [2.24, 2.45) is 5.92 Å². The second kappa shape index (κ2) is 11.4. The highest BCUT2D eigenvalue weighted by molar-refractivity contribution is 8.44. The standard InChI is InChI=1S/C20H24FN7O10P2S2/c21-12-9(35-11-1-2-23-6-24-11)3-8-4-33-39(31,41)38-16-14(29)10(5-34-40(32,42)37-15(8)12)36-19(16)28-7-25-13-17(28)26-20(22)27-18(13)30/h1-2,6-10,12,14-16,19,29H,3-5H2,(H,31,41)(H,32,42)(H3,22,26,27,30)/t8-,9-,10-,12+,14-,15-,16-,19-,39?,40?/m1/s1. The second-order valence-electron chi connectivity index (χ2n) is 9.64. The zero-order valence-corrected chi connectivity index (χ0v) is 24.7. The van der Waals surface area contributed by atoms with Crippen LogP contribution in [0.5, 0.6) is 5.88 Å². The average Bonchev–Trinajstić information content (AvgIpc) is 3.57. The van der Waals surface area contributed by atoms with Gasteiger partial charge >= 0.3 is 13.6 Å². The molecule has 1 saturated carbocycles. The summed E-state index contributed by atoms with van der Waals surface area (Å²) in [6.07, 6.45) is -6.18. The van der Waals surface area contributed by atoms with Crippen LogP contribution in [0.4, 0.5) is 10.3 Å². The van der Waals surface area contributed by atoms with Crippen LogP contribution < -0.4 is 16.0 Å². The lowest BCUT2D eigenvalue weighted by atomic mass is 10.1. The number of halogens is 1. The molecule has 17 nitrogen and oxygen atoms in total. The van der Waals surface area contributed by atoms with E-state index < -0.39 is 81.2 Å². The number of rotatable bonds is 3. The summed E-state index contributed by atoms with van der Waals surface area (Å²) in [5.41, 5.74) is 4.92. The van der Waals surface area contributed by atoms with Crippen molar-refractivity contribution in [1.82, 2.24) is 29.5 Å². The molecule has 2 aliphatic heterocycles. The Morgan fingerprint density at radius 2 is 1.90 bits per heavy atom. The molecule has 4 N–H and O–H groups in total. The van der Waals surface area contributed by atoms with E-state index in [0.717, 1.165) is 0 Å². The Hall–Kier alpha value is -2.12. The van der Waals surface area contributed by atoms with Gasteiger partial charge in [-0.1, -0.05) is 24.5 Å². The number of aromatic amines is 1. The van der Waals surface area contributed by atoms with Gasteiger partial charge in [-0.25, -0.2) is 28.5 Å². The molecule has 2 bridgehead atoms. The van der Waals surface area contributed by atoms with Gasteiger partial charge in [0, 0.05) is 18.2 Å². The zero-order chi connectivity index (χ0) is 29.8. The molecule has 5 heterocycles. The lowest BCUT2D eigenvalue weighted by Gasteiger charge is -2.27. The van der Waals surface area contributed by atoms with Crippen LogP contribution in [-0.2, 0) is 32.0 Å². The molecule has 3 fully saturated rings. The molecule has 10 atom stereocenters. The third-order valence-corrected chi connectivity index (χ3v) is 10.1. The Kier molecular flexibility index (Phi) is 8.14. The van der Waals surface area contributed by atoms with Crippen LogP contribution in [0.2, 0.25) is 0 Å². The first-order chi connectivity index (χ1) is 19.9. The minimum Gasteiger partial charge on any atom is -0.471 e. The fourth-order valence-corrected chi connectivity index (χ4v) is 8.03. The number of anilines is 1. The van der Waals surface area contributed by atoms with Crippen LogP contribution in [0.3, 0.4) is 0 Å². The number of aromatic nitrogens is 6. The molecule has 0 spiro atoms. The molecule has 0 aromatic carbocycles. The lowest BCUT2D eigenvalue weighted by Crippen LogP contribution is -2.35. The van der Waals surface area contributed by atoms with Crippen molar-refractivity contribution in [3.05, 3.63) is 35.3 Å². The van der Waals surface area contributed by atoms with Crippen molar-refractivity contribution < 1.29 is 46.2 Å². The minimum atomic E-state index is -4.30. The molecule has 1 aliphatic carbocycles. The topological polar surface area (TPSA) is 225 Å². The Bertz CT molecular complexity index is 1620. The van der Waals surface area contributed by atoms with Crippen LogP contribution in [0, 0.1) is 5.92 Å². The summed E-state index contributed by atoms with van der Waals surface area (Å²) in [5.74, 6) is -0.991. The summed E-state index contributed by atoms with van der Waals surface area (Å²) in [7, 11) is 0. The highest BCUT2D eigenvalue weighted by Crippen LogP contribution is 2.60. The number of fused-ring (bicyclic) bond motifs is 4. The largest absolute Gasteiger partial charge is 0.471 e. The van der Waals surface area contributed by atoms with Gasteiger partial charge < -0.3 is 24.8 Å². The van der Waals surface area contributed by atoms with E-state index in [-0.39, 0.29) is 29.4 Å². The van der Waals surface area contributed by atoms with Crippen LogP contribution in [0.25, 0.3) is 11.2 Å². The summed E-state index contributed by atoms with van der Waals surface area (Å²) >= 11 is 8.05. The van der Waals surface area contributed by atoms with Crippen molar-refractivity contribution in [3.63, 3.8) is 0 Å². The highest BCUT2D eigenvalue weighted by Gasteiger charge is 2.53. The second-order valence-corrected chi connectivity index (χ2v) is 15.4. The first kappa shape index (κ1) is 29.9. The van der Waals surface area contributed by atoms with E-state index in [0.29, 0.717) is 0 Å². The van der Waals surface area contributed by atoms with E-state index in [1.54, 1.807) is 0 Å². The highest BCUT2D eigenvalue weighted by atomic mass is 32.7. The summed E-state index contributed by atoms with van der Waals surface area (Å²) in [6, 6.07) is 1.43. The number of hydrogen-bond acceptors (Lipinski definition) is 15. The molecular formula is C20H24FN7O10P2S2. The van der Waals surface area contributed by atoms with E-state index in [1.807, 2.05) is 0 Å². The fourth-order valence-electron chi connectivity index (χ4n) is 5.01. The number of ether oxygens (including phenoxy) is 2. The fraction of sp³-hybridized carbons (Fsp3) is 0.550. The monoisotopic (exact) mass is 667 g/mol. The molecule has 3 aliphatic rings. The van der Waals surface area contributed by atoms with Gasteiger partial charge in [0.1, 0.15) is 36.8 Å². The Balaban J connectivity index is 1.29. The predicted molar refractivity (Wildman–Crippen MR) is 147 cm³/mol. The van der Waals surface area contributed by atoms with Gasteiger partial charge in [-0.05, 0) is 6.42 Å². The van der Waals surface area contributed by atoms with Crippen molar-refractivity contribution >= 4 is 55.2 Å². The number of alkyl halides is 1. The average molecular weight is 668 g/mol. The van der Waals surface area contributed by atoms with Crippen molar-refractivity contribution in [2.45, 2.75) is 49.3 Å². The van der Waals surface area contributed by atoms with Gasteiger partial charge in [0.15, 0.2) is 23.6 Å². The smallest absolute Gasteiger partial charge is 0.386 e. The van der Waals surface area contributed by atoms with E-state index in [4.69, 9.17) is 33.3 Å². The number of aliphatic hydroxyl groups is 1. The number of H-pyrrole nitrogens is 1. The Morgan fingerprint density at radius 1 is 1.17 bits per heavy atom. The first-order valence-corrected chi connectivity index (χ1v) is 17.7. The van der Waals surface area contributed by atoms with Crippen molar-refractivity contribution in [3.8, 4) is 5.88 Å². The molecule has 3 aromatic rings. The van der Waals surface area contributed by atoms with Crippen LogP contribution >= 0.6 is 38.1 Å². The van der Waals surface area contributed by atoms with Gasteiger partial charge in [-0.3, -0.25) is 27.9 Å². The normalized spacial score (nSPS) is 39.2. The van der Waals surface area contributed by atoms with E-state index in [9.17, 15) is 19.0 Å². The number of imidazole rings is 1. The molecule has 2 unspecified atom stereocenters. The summed E-state index contributed by atoms with van der Waals surface area (Å²) < 4.78 is 77.0. The van der Waals surface area contributed by atoms with Gasteiger partial charge in [0.25, 0.3) is 5.56 Å². The number of nitrogens with two attached hydrogens (primary N) is 1. The summed E-state index contributed by atoms with van der Waals surface area (Å²) in [5, 5.41) is 11.1. The number of hydrogen-bond donors (Lipinski definition) is 5. The van der Waals surface area contributed by atoms with Gasteiger partial charge in [-0.15, -0.1) is 0 Å². The molecule has 228 valence electrons. The number of nitrogens with zero attached hydrogens (tertiary/aromatic N) is 5. The van der Waals surface area contributed by atoms with Crippen LogP contribution in [-0.4, -0.2) is 84.5 Å². The maximum Gasteiger partial charge on any atom is 0.386 e. The quantitative estimate of drug-likeness (QED) is 0.197. The maximum absolute atomic E-state index is 15.6. The van der Waals surface area contributed by atoms with Crippen molar-refractivity contribution in [1.29, 1.82) is 0 Å². The maximum atomic E-state index is 15.6. The van der Waals surface area contributed by atoms with Crippen LogP contribution in [0.15, 0.2) is 29.7 Å². The molecular weight excluding hydrogens is 643 g/mol. The molecule has 3 aromatic heterocycles. The predicted octanol–water partition coefficient (Wildman–Crippen LogP) is 1.45. The summed E-state index contributed by atoms with van der Waals surface area (Å²) in [6.45, 7) is -9.61. The number of nitrogens with one attached hydrogen (secondary N) is 1. The van der Waals surface area contributed by atoms with Crippen LogP contribution in [0.1, 0.15) is 12.6 Å². The Morgan fingerprint density at radius 3 is 2.64 bits per heavy atom. The molecule has 6 rings (SSSR count). The van der Waals surface area contributed by atoms with E-state index >= 15 is 4.39 Å². The first-order valence-electron chi connectivity index (χ1n) is 12.3. The van der Waals surface area contributed by atoms with E-state index in [2.05, 4.69) is 49.4 Å². The molecule has 42 heavy (non-hydrogen) atoms. The number of aliphatic hydroxyl groups excluding tert-OH is 1. The number of nitrogen functional groups attached to an aromatic ring is 1. The van der Waals surface area contributed by atoms with Gasteiger partial charge in [0.05, 0.1) is 19.5 Å². The van der Waals surface area contributed by atoms with Crippen molar-refractivity contribution in [2.75, 3.05) is 18.9 Å².